The van der Waals surface area contributed by atoms with Gasteiger partial charge in [0.15, 0.2) is 0 Å². The normalized spacial score (nSPS) is 23.0. The van der Waals surface area contributed by atoms with Crippen molar-refractivity contribution >= 4 is 29.0 Å². The Morgan fingerprint density at radius 1 is 1.19 bits per heavy atom. The lowest BCUT2D eigenvalue weighted by molar-refractivity contribution is -0.145. The lowest BCUT2D eigenvalue weighted by Gasteiger charge is -2.30. The van der Waals surface area contributed by atoms with E-state index in [9.17, 15) is 27.9 Å². The van der Waals surface area contributed by atoms with E-state index >= 15 is 0 Å². The van der Waals surface area contributed by atoms with Gasteiger partial charge in [0.25, 0.3) is 5.91 Å². The van der Waals surface area contributed by atoms with Crippen LogP contribution in [0.25, 0.3) is 16.8 Å². The Bertz CT molecular complexity index is 1770. The number of nitrogens with zero attached hydrogens (tertiary/aromatic N) is 4. The van der Waals surface area contributed by atoms with Gasteiger partial charge >= 0.3 is 12.1 Å². The number of nitrogens with one attached hydrogen (secondary N) is 1. The summed E-state index contributed by atoms with van der Waals surface area (Å²) < 4.78 is 47.2. The predicted octanol–water partition coefficient (Wildman–Crippen LogP) is 5.58. The second kappa shape index (κ2) is 9.96. The summed E-state index contributed by atoms with van der Waals surface area (Å²) in [6.45, 7) is 4.06. The number of hydrogen-bond acceptors (Lipinski definition) is 7. The molecule has 43 heavy (non-hydrogen) atoms. The molecule has 4 N–H and O–H groups in total. The number of pyridine rings is 1. The van der Waals surface area contributed by atoms with Gasteiger partial charge in [-0.3, -0.25) is 14.0 Å². The van der Waals surface area contributed by atoms with Gasteiger partial charge in [-0.2, -0.15) is 13.2 Å². The molecule has 1 aromatic carbocycles. The Morgan fingerprint density at radius 3 is 2.67 bits per heavy atom. The number of hydrogen-bond donors (Lipinski definition) is 3. The number of carboxylic acid groups (broad SMARTS) is 1. The Morgan fingerprint density at radius 2 is 1.98 bits per heavy atom. The largest absolute Gasteiger partial charge is 0.493 e. The fourth-order valence-electron chi connectivity index (χ4n) is 6.87. The first-order chi connectivity index (χ1) is 20.3. The van der Waals surface area contributed by atoms with E-state index in [4.69, 9.17) is 15.5 Å². The van der Waals surface area contributed by atoms with Gasteiger partial charge in [-0.25, -0.2) is 15.0 Å². The van der Waals surface area contributed by atoms with Gasteiger partial charge in [-0.1, -0.05) is 6.92 Å². The Kier molecular flexibility index (Phi) is 6.58. The molecule has 224 valence electrons. The van der Waals surface area contributed by atoms with E-state index in [1.54, 1.807) is 25.4 Å². The molecule has 0 saturated heterocycles. The molecule has 0 radical (unpaired) electrons. The molecule has 2 aliphatic carbocycles. The standard InChI is InChI=1S/C30H29F3N6O4/c1-3-43-20-12-16(25(40)37-21-13-17(6-9-35-21)30(31,32)33)4-5-18(20)22-23-24(34)36-10-11-39(23)27(38-22)29-8-7-28(2,15-29)19(14-29)26(41)42/h4-6,9-13,19H,3,7-8,14-15H2,1-2H3,(H2,34,36)(H,41,42)(H,35,37,40)/t19-,28?,29+/m0/s1. The third kappa shape index (κ3) is 4.72. The second-order valence-electron chi connectivity index (χ2n) is 11.5. The van der Waals surface area contributed by atoms with E-state index in [0.29, 0.717) is 41.2 Å². The molecule has 2 bridgehead atoms. The zero-order chi connectivity index (χ0) is 30.7. The summed E-state index contributed by atoms with van der Waals surface area (Å²) in [4.78, 5) is 38.3. The number of benzene rings is 1. The lowest BCUT2D eigenvalue weighted by Crippen LogP contribution is -2.31. The number of carboxylic acids is 1. The van der Waals surface area contributed by atoms with Crippen molar-refractivity contribution in [1.82, 2.24) is 19.4 Å². The van der Waals surface area contributed by atoms with Gasteiger partial charge in [0.05, 0.1) is 18.1 Å². The highest BCUT2D eigenvalue weighted by molar-refractivity contribution is 6.04. The molecule has 0 aliphatic heterocycles. The van der Waals surface area contributed by atoms with Crippen LogP contribution in [0.15, 0.2) is 48.9 Å². The Balaban J connectivity index is 1.41. The number of carbonyl (C=O) groups is 2. The average molecular weight is 595 g/mol. The van der Waals surface area contributed by atoms with Crippen molar-refractivity contribution in [3.63, 3.8) is 0 Å². The summed E-state index contributed by atoms with van der Waals surface area (Å²) in [5.74, 6) is -0.973. The number of aliphatic carboxylic acids is 1. The van der Waals surface area contributed by atoms with Crippen molar-refractivity contribution in [3.05, 3.63) is 65.9 Å². The van der Waals surface area contributed by atoms with Gasteiger partial charge in [0.1, 0.15) is 34.4 Å². The third-order valence-corrected chi connectivity index (χ3v) is 8.84. The zero-order valence-electron chi connectivity index (χ0n) is 23.4. The number of ether oxygens (including phenoxy) is 1. The van der Waals surface area contributed by atoms with Crippen LogP contribution in [-0.2, 0) is 16.4 Å². The molecule has 1 unspecified atom stereocenters. The summed E-state index contributed by atoms with van der Waals surface area (Å²) in [6.07, 6.45) is 2.42. The SMILES string of the molecule is CCOc1cc(C(=O)Nc2cc(C(F)(F)F)ccn2)ccc1-c1nc([C@@]23CCC(C)(C2)[C@H](C(=O)O)C3)n2ccnc(N)c12. The molecule has 13 heteroatoms. The molecule has 0 spiro atoms. The van der Waals surface area contributed by atoms with Crippen LogP contribution in [0, 0.1) is 11.3 Å². The maximum atomic E-state index is 13.1. The zero-order valence-corrected chi connectivity index (χ0v) is 23.4. The van der Waals surface area contributed by atoms with Crippen molar-refractivity contribution in [2.75, 3.05) is 17.7 Å². The molecular weight excluding hydrogens is 565 g/mol. The van der Waals surface area contributed by atoms with Gasteiger partial charge in [0, 0.05) is 35.1 Å². The number of rotatable bonds is 7. The van der Waals surface area contributed by atoms with Crippen molar-refractivity contribution < 1.29 is 32.6 Å². The number of amides is 1. The molecule has 4 aromatic rings. The van der Waals surface area contributed by atoms with Crippen LogP contribution in [0.3, 0.4) is 0 Å². The van der Waals surface area contributed by atoms with Crippen LogP contribution in [-0.4, -0.2) is 42.9 Å². The van der Waals surface area contributed by atoms with Crippen molar-refractivity contribution in [3.8, 4) is 17.0 Å². The number of anilines is 2. The van der Waals surface area contributed by atoms with Crippen LogP contribution >= 0.6 is 0 Å². The fourth-order valence-corrected chi connectivity index (χ4v) is 6.87. The number of aromatic nitrogens is 4. The summed E-state index contributed by atoms with van der Waals surface area (Å²) in [5.41, 5.74) is 6.31. The fraction of sp³-hybridized carbons (Fsp3) is 0.367. The van der Waals surface area contributed by atoms with Crippen molar-refractivity contribution in [2.45, 2.75) is 51.1 Å². The number of imidazole rings is 1. The maximum Gasteiger partial charge on any atom is 0.416 e. The number of carbonyl (C=O) groups excluding carboxylic acids is 1. The summed E-state index contributed by atoms with van der Waals surface area (Å²) in [5, 5.41) is 12.4. The van der Waals surface area contributed by atoms with Crippen LogP contribution in [0.4, 0.5) is 24.8 Å². The first kappa shape index (κ1) is 28.4. The van der Waals surface area contributed by atoms with E-state index in [-0.39, 0.29) is 29.2 Å². The van der Waals surface area contributed by atoms with Gasteiger partial charge in [0.2, 0.25) is 0 Å². The molecule has 2 aliphatic rings. The summed E-state index contributed by atoms with van der Waals surface area (Å²) >= 11 is 0. The van der Waals surface area contributed by atoms with E-state index < -0.39 is 34.9 Å². The monoisotopic (exact) mass is 594 g/mol. The minimum absolute atomic E-state index is 0.131. The Labute approximate surface area is 244 Å². The summed E-state index contributed by atoms with van der Waals surface area (Å²) in [7, 11) is 0. The Hall–Kier alpha value is -4.68. The smallest absolute Gasteiger partial charge is 0.416 e. The quantitative estimate of drug-likeness (QED) is 0.252. The molecule has 6 rings (SSSR count). The molecule has 3 heterocycles. The minimum atomic E-state index is -4.58. The highest BCUT2D eigenvalue weighted by Gasteiger charge is 2.62. The molecule has 2 saturated carbocycles. The van der Waals surface area contributed by atoms with E-state index in [1.807, 2.05) is 11.3 Å². The number of halogens is 3. The molecule has 3 atom stereocenters. The van der Waals surface area contributed by atoms with Gasteiger partial charge in [-0.05, 0) is 68.4 Å². The van der Waals surface area contributed by atoms with Crippen LogP contribution in [0.2, 0.25) is 0 Å². The van der Waals surface area contributed by atoms with E-state index in [1.165, 1.54) is 12.1 Å². The first-order valence-corrected chi connectivity index (χ1v) is 13.8. The molecule has 10 nitrogen and oxygen atoms in total. The summed E-state index contributed by atoms with van der Waals surface area (Å²) in [6, 6.07) is 6.22. The maximum absolute atomic E-state index is 13.1. The van der Waals surface area contributed by atoms with Crippen molar-refractivity contribution in [2.24, 2.45) is 11.3 Å². The number of nitrogen functional groups attached to an aromatic ring is 1. The van der Waals surface area contributed by atoms with Crippen LogP contribution in [0.1, 0.15) is 61.3 Å². The average Bonchev–Trinajstić information content (AvgIpc) is 3.61. The topological polar surface area (TPSA) is 145 Å². The molecule has 1 amide bonds. The second-order valence-corrected chi connectivity index (χ2v) is 11.5. The number of fused-ring (bicyclic) bond motifs is 3. The molecular formula is C30H29F3N6O4. The van der Waals surface area contributed by atoms with Gasteiger partial charge in [-0.15, -0.1) is 0 Å². The van der Waals surface area contributed by atoms with E-state index in [2.05, 4.69) is 15.3 Å². The lowest BCUT2D eigenvalue weighted by atomic mass is 9.74. The van der Waals surface area contributed by atoms with Gasteiger partial charge < -0.3 is 20.9 Å². The minimum Gasteiger partial charge on any atom is -0.493 e. The first-order valence-electron chi connectivity index (χ1n) is 13.8. The third-order valence-electron chi connectivity index (χ3n) is 8.84. The molecule has 2 fully saturated rings. The molecule has 3 aromatic heterocycles. The van der Waals surface area contributed by atoms with E-state index in [0.717, 1.165) is 31.2 Å². The highest BCUT2D eigenvalue weighted by Crippen LogP contribution is 2.65. The van der Waals surface area contributed by atoms with Crippen LogP contribution < -0.4 is 15.8 Å². The van der Waals surface area contributed by atoms with Crippen LogP contribution in [0.5, 0.6) is 5.75 Å². The predicted molar refractivity (Wildman–Crippen MR) is 151 cm³/mol. The number of alkyl halides is 3. The highest BCUT2D eigenvalue weighted by atomic mass is 19.4. The number of nitrogens with two attached hydrogens (primary N) is 1. The van der Waals surface area contributed by atoms with Crippen molar-refractivity contribution in [1.29, 1.82) is 0 Å².